The van der Waals surface area contributed by atoms with Gasteiger partial charge in [-0.2, -0.15) is 0 Å². The zero-order valence-electron chi connectivity index (χ0n) is 16.7. The van der Waals surface area contributed by atoms with E-state index in [0.717, 1.165) is 21.7 Å². The number of rotatable bonds is 6. The van der Waals surface area contributed by atoms with Crippen LogP contribution in [0.25, 0.3) is 17.0 Å². The Morgan fingerprint density at radius 1 is 1.10 bits per heavy atom. The fourth-order valence-corrected chi connectivity index (χ4v) is 3.17. The van der Waals surface area contributed by atoms with Crippen molar-refractivity contribution < 1.29 is 9.53 Å². The average molecular weight is 403 g/mol. The Labute approximate surface area is 172 Å². The number of aromatic nitrogens is 4. The van der Waals surface area contributed by atoms with Gasteiger partial charge in [-0.15, -0.1) is 5.10 Å². The second-order valence-electron chi connectivity index (χ2n) is 6.73. The molecule has 2 aromatic heterocycles. The number of benzene rings is 2. The zero-order valence-corrected chi connectivity index (χ0v) is 16.7. The van der Waals surface area contributed by atoms with Gasteiger partial charge in [0.1, 0.15) is 18.1 Å². The molecule has 4 aromatic rings. The van der Waals surface area contributed by atoms with Crippen molar-refractivity contribution in [1.29, 1.82) is 0 Å². The van der Waals surface area contributed by atoms with Crippen LogP contribution in [0.2, 0.25) is 0 Å². The van der Waals surface area contributed by atoms with Crippen molar-refractivity contribution in [2.24, 2.45) is 0 Å². The summed E-state index contributed by atoms with van der Waals surface area (Å²) in [5, 5.41) is 7.10. The molecule has 0 saturated heterocycles. The molecule has 1 N–H and O–H groups in total. The van der Waals surface area contributed by atoms with E-state index in [4.69, 9.17) is 4.74 Å². The number of aryl methyl sites for hydroxylation is 1. The van der Waals surface area contributed by atoms with E-state index >= 15 is 0 Å². The van der Waals surface area contributed by atoms with Gasteiger partial charge < -0.3 is 10.1 Å². The van der Waals surface area contributed by atoms with Crippen molar-refractivity contribution >= 4 is 17.2 Å². The molecule has 0 radical (unpaired) electrons. The molecule has 2 heterocycles. The molecule has 0 aliphatic heterocycles. The quantitative estimate of drug-likeness (QED) is 0.535. The highest BCUT2D eigenvalue weighted by Gasteiger charge is 2.16. The maximum absolute atomic E-state index is 13.0. The number of hydrogen-bond acceptors (Lipinski definition) is 5. The van der Waals surface area contributed by atoms with Crippen LogP contribution >= 0.6 is 0 Å². The van der Waals surface area contributed by atoms with Gasteiger partial charge >= 0.3 is 5.69 Å². The first-order chi connectivity index (χ1) is 14.5. The molecule has 30 heavy (non-hydrogen) atoms. The topological polar surface area (TPSA) is 90.5 Å². The molecule has 8 heteroatoms. The van der Waals surface area contributed by atoms with E-state index in [9.17, 15) is 9.59 Å². The van der Waals surface area contributed by atoms with Crippen molar-refractivity contribution in [2.75, 3.05) is 11.9 Å². The van der Waals surface area contributed by atoms with Gasteiger partial charge in [-0.1, -0.05) is 30.3 Å². The van der Waals surface area contributed by atoms with Gasteiger partial charge in [0.25, 0.3) is 0 Å². The summed E-state index contributed by atoms with van der Waals surface area (Å²) in [4.78, 5) is 30.0. The molecule has 0 aliphatic carbocycles. The number of ether oxygens (including phenoxy) is 1. The van der Waals surface area contributed by atoms with Crippen molar-refractivity contribution in [1.82, 2.24) is 19.2 Å². The number of nitrogens with one attached hydrogen (secondary N) is 1. The van der Waals surface area contributed by atoms with E-state index in [2.05, 4.69) is 15.4 Å². The number of anilines is 1. The molecule has 4 rings (SSSR count). The first-order valence-electron chi connectivity index (χ1n) is 9.60. The van der Waals surface area contributed by atoms with E-state index in [1.807, 2.05) is 44.2 Å². The Morgan fingerprint density at radius 3 is 2.53 bits per heavy atom. The van der Waals surface area contributed by atoms with Crippen LogP contribution in [0.5, 0.6) is 5.75 Å². The average Bonchev–Trinajstić information content (AvgIpc) is 3.04. The fraction of sp³-hybridized carbons (Fsp3) is 0.182. The predicted octanol–water partition coefficient (Wildman–Crippen LogP) is 2.90. The lowest BCUT2D eigenvalue weighted by Crippen LogP contribution is -2.28. The molecule has 152 valence electrons. The molecule has 0 aliphatic rings. The van der Waals surface area contributed by atoms with E-state index in [1.165, 1.54) is 4.40 Å². The van der Waals surface area contributed by atoms with Crippen LogP contribution in [0.15, 0.2) is 65.5 Å². The fourth-order valence-electron chi connectivity index (χ4n) is 3.17. The Hall–Kier alpha value is -3.94. The first kappa shape index (κ1) is 19.4. The third kappa shape index (κ3) is 3.93. The van der Waals surface area contributed by atoms with Crippen molar-refractivity contribution in [3.8, 4) is 17.1 Å². The van der Waals surface area contributed by atoms with Crippen LogP contribution in [0, 0.1) is 6.92 Å². The monoisotopic (exact) mass is 403 g/mol. The molecule has 0 spiro atoms. The van der Waals surface area contributed by atoms with Gasteiger partial charge in [0.2, 0.25) is 5.91 Å². The smallest absolute Gasteiger partial charge is 0.352 e. The highest BCUT2D eigenvalue weighted by atomic mass is 16.5. The lowest BCUT2D eigenvalue weighted by Gasteiger charge is -2.06. The van der Waals surface area contributed by atoms with Crippen molar-refractivity contribution in [3.63, 3.8) is 0 Å². The van der Waals surface area contributed by atoms with Crippen LogP contribution in [-0.4, -0.2) is 31.7 Å². The number of amides is 1. The normalized spacial score (nSPS) is 10.9. The van der Waals surface area contributed by atoms with Gasteiger partial charge in [0.05, 0.1) is 6.61 Å². The van der Waals surface area contributed by atoms with Crippen molar-refractivity contribution in [3.05, 3.63) is 76.8 Å². The van der Waals surface area contributed by atoms with Gasteiger partial charge in [-0.05, 0) is 38.1 Å². The third-order valence-corrected chi connectivity index (χ3v) is 4.47. The van der Waals surface area contributed by atoms with E-state index < -0.39 is 5.69 Å². The molecular weight excluding hydrogens is 382 g/mol. The lowest BCUT2D eigenvalue weighted by atomic mass is 10.2. The Morgan fingerprint density at radius 2 is 1.83 bits per heavy atom. The number of hydrogen-bond donors (Lipinski definition) is 1. The summed E-state index contributed by atoms with van der Waals surface area (Å²) in [6.07, 6.45) is 0. The Bertz CT molecular complexity index is 1240. The molecule has 8 nitrogen and oxygen atoms in total. The molecule has 0 atom stereocenters. The maximum Gasteiger partial charge on any atom is 0.352 e. The van der Waals surface area contributed by atoms with Crippen molar-refractivity contribution in [2.45, 2.75) is 20.4 Å². The lowest BCUT2D eigenvalue weighted by molar-refractivity contribution is -0.117. The van der Waals surface area contributed by atoms with E-state index in [0.29, 0.717) is 23.8 Å². The van der Waals surface area contributed by atoms with Crippen LogP contribution in [0.4, 0.5) is 5.69 Å². The van der Waals surface area contributed by atoms with Crippen LogP contribution in [0.3, 0.4) is 0 Å². The highest BCUT2D eigenvalue weighted by molar-refractivity contribution is 5.90. The molecule has 1 amide bonds. The molecule has 0 bridgehead atoms. The maximum atomic E-state index is 13.0. The molecule has 0 unspecified atom stereocenters. The summed E-state index contributed by atoms with van der Waals surface area (Å²) in [6, 6.07) is 18.2. The number of fused-ring (bicyclic) bond motifs is 1. The summed E-state index contributed by atoms with van der Waals surface area (Å²) in [7, 11) is 0. The minimum absolute atomic E-state index is 0.207. The summed E-state index contributed by atoms with van der Waals surface area (Å²) >= 11 is 0. The molecule has 0 saturated carbocycles. The summed E-state index contributed by atoms with van der Waals surface area (Å²) in [5.41, 5.74) is 2.17. The molecular formula is C22H21N5O3. The second-order valence-corrected chi connectivity index (χ2v) is 6.73. The van der Waals surface area contributed by atoms with Gasteiger partial charge in [0, 0.05) is 23.0 Å². The van der Waals surface area contributed by atoms with E-state index in [1.54, 1.807) is 30.3 Å². The largest absolute Gasteiger partial charge is 0.494 e. The standard InChI is InChI=1S/C22H21N5O3/c1-3-30-18-11-9-17(10-12-18)24-20(28)14-26-22(29)27-19(25-26)13-15(2)23-21(27)16-7-5-4-6-8-16/h4-13H,3,14H2,1-2H3,(H,24,28). The Kier molecular flexibility index (Phi) is 5.30. The molecule has 2 aromatic carbocycles. The minimum atomic E-state index is -0.418. The first-order valence-corrected chi connectivity index (χ1v) is 9.60. The number of nitrogens with zero attached hydrogens (tertiary/aromatic N) is 4. The summed E-state index contributed by atoms with van der Waals surface area (Å²) in [5.74, 6) is 0.868. The van der Waals surface area contributed by atoms with Gasteiger partial charge in [-0.25, -0.2) is 18.9 Å². The number of carbonyl (C=O) groups is 1. The predicted molar refractivity (Wildman–Crippen MR) is 114 cm³/mol. The zero-order chi connectivity index (χ0) is 21.1. The third-order valence-electron chi connectivity index (χ3n) is 4.47. The Balaban J connectivity index is 1.61. The number of carbonyl (C=O) groups excluding carboxylic acids is 1. The SMILES string of the molecule is CCOc1ccc(NC(=O)Cn2nc3cc(C)nc(-c4ccccc4)n3c2=O)cc1. The van der Waals surface area contributed by atoms with Gasteiger partial charge in [-0.3, -0.25) is 4.79 Å². The highest BCUT2D eigenvalue weighted by Crippen LogP contribution is 2.18. The van der Waals surface area contributed by atoms with Crippen LogP contribution in [-0.2, 0) is 11.3 Å². The van der Waals surface area contributed by atoms with E-state index in [-0.39, 0.29) is 12.5 Å². The van der Waals surface area contributed by atoms with Crippen LogP contribution in [0.1, 0.15) is 12.6 Å². The minimum Gasteiger partial charge on any atom is -0.494 e. The summed E-state index contributed by atoms with van der Waals surface area (Å²) in [6.45, 7) is 4.11. The van der Waals surface area contributed by atoms with Crippen LogP contribution < -0.4 is 15.7 Å². The second kappa shape index (κ2) is 8.20. The molecule has 0 fully saturated rings. The van der Waals surface area contributed by atoms with Gasteiger partial charge in [0.15, 0.2) is 5.65 Å². The summed E-state index contributed by atoms with van der Waals surface area (Å²) < 4.78 is 7.96.